The average Bonchev–Trinajstić information content (AvgIpc) is 2.19. The fraction of sp³-hybridized carbons (Fsp3) is 0.273. The quantitative estimate of drug-likeness (QED) is 0.687. The Kier molecular flexibility index (Phi) is 4.06. The molecule has 0 radical (unpaired) electrons. The molecule has 0 bridgehead atoms. The summed E-state index contributed by atoms with van der Waals surface area (Å²) >= 11 is 0. The first-order chi connectivity index (χ1) is 6.38. The van der Waals surface area contributed by atoms with E-state index in [0.717, 1.165) is 12.1 Å². The summed E-state index contributed by atoms with van der Waals surface area (Å²) in [6, 6.07) is 8.14. The van der Waals surface area contributed by atoms with Gasteiger partial charge >= 0.3 is 0 Å². The summed E-state index contributed by atoms with van der Waals surface area (Å²) in [5.41, 5.74) is 2.39. The number of rotatable bonds is 4. The van der Waals surface area contributed by atoms with Crippen LogP contribution in [0.3, 0.4) is 0 Å². The van der Waals surface area contributed by atoms with Crippen LogP contribution in [0.5, 0.6) is 0 Å². The van der Waals surface area contributed by atoms with Gasteiger partial charge in [0, 0.05) is 12.7 Å². The Morgan fingerprint density at radius 3 is 2.77 bits per heavy atom. The zero-order chi connectivity index (χ0) is 9.52. The van der Waals surface area contributed by atoms with Crippen molar-refractivity contribution < 1.29 is 5.11 Å². The van der Waals surface area contributed by atoms with Gasteiger partial charge in [-0.2, -0.15) is 0 Å². The third-order valence-corrected chi connectivity index (χ3v) is 1.90. The average molecular weight is 177 g/mol. The minimum Gasteiger partial charge on any atom is -0.392 e. The van der Waals surface area contributed by atoms with Crippen molar-refractivity contribution in [3.05, 3.63) is 42.0 Å². The third-order valence-electron chi connectivity index (χ3n) is 1.90. The lowest BCUT2D eigenvalue weighted by molar-refractivity contribution is 0.342. The molecule has 2 heteroatoms. The molecule has 0 unspecified atom stereocenters. The van der Waals surface area contributed by atoms with Crippen molar-refractivity contribution in [3.8, 4) is 0 Å². The summed E-state index contributed by atoms with van der Waals surface area (Å²) in [7, 11) is 1.91. The highest BCUT2D eigenvalue weighted by molar-refractivity contribution is 5.51. The maximum Gasteiger partial charge on any atom is 0.0612 e. The monoisotopic (exact) mass is 177 g/mol. The topological polar surface area (TPSA) is 32.3 Å². The van der Waals surface area contributed by atoms with Crippen LogP contribution in [0.15, 0.2) is 36.4 Å². The van der Waals surface area contributed by atoms with Gasteiger partial charge in [-0.25, -0.2) is 0 Å². The summed E-state index contributed by atoms with van der Waals surface area (Å²) < 4.78 is 0. The van der Waals surface area contributed by atoms with Crippen molar-refractivity contribution in [2.75, 3.05) is 19.0 Å². The van der Waals surface area contributed by atoms with Crippen LogP contribution in [0, 0.1) is 0 Å². The first kappa shape index (κ1) is 9.81. The Labute approximate surface area is 78.9 Å². The Hall–Kier alpha value is -1.28. The molecule has 0 heterocycles. The van der Waals surface area contributed by atoms with Gasteiger partial charge in [0.25, 0.3) is 0 Å². The van der Waals surface area contributed by atoms with Gasteiger partial charge in [0.2, 0.25) is 0 Å². The van der Waals surface area contributed by atoms with Gasteiger partial charge in [0.05, 0.1) is 6.61 Å². The number of aliphatic hydroxyl groups excluding tert-OH is 1. The van der Waals surface area contributed by atoms with Crippen LogP contribution in [-0.2, 0) is 6.42 Å². The second kappa shape index (κ2) is 5.38. The van der Waals surface area contributed by atoms with E-state index in [-0.39, 0.29) is 6.61 Å². The number of hydrogen-bond acceptors (Lipinski definition) is 2. The smallest absolute Gasteiger partial charge is 0.0612 e. The standard InChI is InChI=1S/C11H15NO/c1-12-11-8-3-2-6-10(11)7-4-5-9-13/h2-6,8,12-13H,7,9H2,1H3/b5-4+. The molecule has 70 valence electrons. The first-order valence-electron chi connectivity index (χ1n) is 4.40. The SMILES string of the molecule is CNc1ccccc1C/C=C/CO. The molecular formula is C11H15NO. The number of nitrogens with one attached hydrogen (secondary N) is 1. The Morgan fingerprint density at radius 2 is 2.08 bits per heavy atom. The van der Waals surface area contributed by atoms with Gasteiger partial charge < -0.3 is 10.4 Å². The Balaban J connectivity index is 2.69. The first-order valence-corrected chi connectivity index (χ1v) is 4.40. The van der Waals surface area contributed by atoms with E-state index in [9.17, 15) is 0 Å². The lowest BCUT2D eigenvalue weighted by atomic mass is 10.1. The van der Waals surface area contributed by atoms with Gasteiger partial charge in [-0.15, -0.1) is 0 Å². The van der Waals surface area contributed by atoms with E-state index < -0.39 is 0 Å². The molecule has 0 aliphatic rings. The van der Waals surface area contributed by atoms with Crippen LogP contribution >= 0.6 is 0 Å². The number of aliphatic hydroxyl groups is 1. The van der Waals surface area contributed by atoms with Crippen LogP contribution < -0.4 is 5.32 Å². The summed E-state index contributed by atoms with van der Waals surface area (Å²) in [5, 5.41) is 11.7. The van der Waals surface area contributed by atoms with Crippen molar-refractivity contribution >= 4 is 5.69 Å². The highest BCUT2D eigenvalue weighted by Gasteiger charge is 1.95. The highest BCUT2D eigenvalue weighted by atomic mass is 16.2. The van der Waals surface area contributed by atoms with Crippen LogP contribution in [0.2, 0.25) is 0 Å². The van der Waals surface area contributed by atoms with E-state index in [4.69, 9.17) is 5.11 Å². The molecule has 2 N–H and O–H groups in total. The molecule has 1 aromatic rings. The van der Waals surface area contributed by atoms with Crippen LogP contribution in [0.4, 0.5) is 5.69 Å². The van der Waals surface area contributed by atoms with Gasteiger partial charge in [-0.1, -0.05) is 30.4 Å². The molecule has 0 amide bonds. The summed E-state index contributed by atoms with van der Waals surface area (Å²) in [5.74, 6) is 0. The molecule has 13 heavy (non-hydrogen) atoms. The molecule has 0 saturated carbocycles. The number of allylic oxidation sites excluding steroid dienone is 1. The minimum absolute atomic E-state index is 0.113. The second-order valence-electron chi connectivity index (χ2n) is 2.77. The lowest BCUT2D eigenvalue weighted by Crippen LogP contribution is -1.93. The Bertz CT molecular complexity index is 281. The fourth-order valence-corrected chi connectivity index (χ4v) is 1.23. The predicted octanol–water partition coefficient (Wildman–Crippen LogP) is 1.82. The number of anilines is 1. The summed E-state index contributed by atoms with van der Waals surface area (Å²) in [6.45, 7) is 0.113. The zero-order valence-electron chi connectivity index (χ0n) is 7.83. The maximum atomic E-state index is 8.57. The van der Waals surface area contributed by atoms with E-state index in [0.29, 0.717) is 0 Å². The molecule has 0 fully saturated rings. The molecule has 0 spiro atoms. The van der Waals surface area contributed by atoms with Crippen LogP contribution in [0.25, 0.3) is 0 Å². The molecule has 0 aliphatic heterocycles. The molecule has 0 aromatic heterocycles. The van der Waals surface area contributed by atoms with Crippen molar-refractivity contribution in [2.24, 2.45) is 0 Å². The number of benzene rings is 1. The van der Waals surface area contributed by atoms with Gasteiger partial charge in [0.15, 0.2) is 0 Å². The van der Waals surface area contributed by atoms with E-state index in [2.05, 4.69) is 11.4 Å². The zero-order valence-corrected chi connectivity index (χ0v) is 7.83. The third kappa shape index (κ3) is 2.92. The number of hydrogen-bond donors (Lipinski definition) is 2. The van der Waals surface area contributed by atoms with Gasteiger partial charge in [0.1, 0.15) is 0 Å². The maximum absolute atomic E-state index is 8.57. The molecule has 0 aliphatic carbocycles. The van der Waals surface area contributed by atoms with Gasteiger partial charge in [-0.05, 0) is 18.1 Å². The van der Waals surface area contributed by atoms with E-state index in [1.54, 1.807) is 6.08 Å². The van der Waals surface area contributed by atoms with Gasteiger partial charge in [-0.3, -0.25) is 0 Å². The number of para-hydroxylation sites is 1. The normalized spacial score (nSPS) is 10.6. The molecule has 1 rings (SSSR count). The summed E-state index contributed by atoms with van der Waals surface area (Å²) in [6.07, 6.45) is 4.58. The second-order valence-corrected chi connectivity index (χ2v) is 2.77. The minimum atomic E-state index is 0.113. The van der Waals surface area contributed by atoms with E-state index in [1.165, 1.54) is 5.56 Å². The predicted molar refractivity (Wildman–Crippen MR) is 55.9 cm³/mol. The summed E-state index contributed by atoms with van der Waals surface area (Å²) in [4.78, 5) is 0. The fourth-order valence-electron chi connectivity index (χ4n) is 1.23. The molecule has 0 atom stereocenters. The van der Waals surface area contributed by atoms with E-state index >= 15 is 0 Å². The van der Waals surface area contributed by atoms with Crippen LogP contribution in [0.1, 0.15) is 5.56 Å². The lowest BCUT2D eigenvalue weighted by Gasteiger charge is -2.05. The van der Waals surface area contributed by atoms with Crippen molar-refractivity contribution in [3.63, 3.8) is 0 Å². The van der Waals surface area contributed by atoms with Crippen molar-refractivity contribution in [2.45, 2.75) is 6.42 Å². The van der Waals surface area contributed by atoms with E-state index in [1.807, 2.05) is 31.3 Å². The Morgan fingerprint density at radius 1 is 1.31 bits per heavy atom. The highest BCUT2D eigenvalue weighted by Crippen LogP contribution is 2.14. The molecular weight excluding hydrogens is 162 g/mol. The molecule has 2 nitrogen and oxygen atoms in total. The van der Waals surface area contributed by atoms with Crippen molar-refractivity contribution in [1.29, 1.82) is 0 Å². The molecule has 1 aromatic carbocycles. The van der Waals surface area contributed by atoms with Crippen LogP contribution in [-0.4, -0.2) is 18.8 Å². The van der Waals surface area contributed by atoms with Crippen molar-refractivity contribution in [1.82, 2.24) is 0 Å². The largest absolute Gasteiger partial charge is 0.392 e. The molecule has 0 saturated heterocycles.